The van der Waals surface area contributed by atoms with Crippen LogP contribution < -0.4 is 0 Å². The topological polar surface area (TPSA) is 20.2 Å². The first-order valence-corrected chi connectivity index (χ1v) is 5.53. The molecule has 0 unspecified atom stereocenters. The molecule has 76 valence electrons. The maximum atomic E-state index is 13.2. The summed E-state index contributed by atoms with van der Waals surface area (Å²) in [6, 6.07) is 3.07. The Morgan fingerprint density at radius 2 is 2.14 bits per heavy atom. The SMILES string of the molecule is OC1(Cc2cc(Br)cc(F)c2Cl)CC1. The first kappa shape index (κ1) is 10.4. The fourth-order valence-corrected chi connectivity index (χ4v) is 2.07. The second kappa shape index (κ2) is 3.47. The van der Waals surface area contributed by atoms with Gasteiger partial charge in [0.15, 0.2) is 0 Å². The van der Waals surface area contributed by atoms with Crippen molar-refractivity contribution in [3.8, 4) is 0 Å². The predicted molar refractivity (Wildman–Crippen MR) is 57.0 cm³/mol. The van der Waals surface area contributed by atoms with E-state index in [1.54, 1.807) is 6.07 Å². The van der Waals surface area contributed by atoms with Crippen molar-refractivity contribution in [2.45, 2.75) is 24.9 Å². The van der Waals surface area contributed by atoms with E-state index in [0.29, 0.717) is 16.5 Å². The first-order valence-electron chi connectivity index (χ1n) is 4.36. The molecule has 1 aromatic carbocycles. The minimum absolute atomic E-state index is 0.119. The summed E-state index contributed by atoms with van der Waals surface area (Å²) in [5, 5.41) is 9.81. The highest BCUT2D eigenvalue weighted by atomic mass is 79.9. The molecule has 0 saturated heterocycles. The quantitative estimate of drug-likeness (QED) is 0.824. The summed E-state index contributed by atoms with van der Waals surface area (Å²) in [6.07, 6.45) is 1.98. The zero-order valence-corrected chi connectivity index (χ0v) is 9.70. The molecule has 2 rings (SSSR count). The summed E-state index contributed by atoms with van der Waals surface area (Å²) in [5.41, 5.74) is 0.0233. The molecular formula is C10H9BrClFO. The van der Waals surface area contributed by atoms with Gasteiger partial charge in [-0.05, 0) is 30.5 Å². The molecule has 0 radical (unpaired) electrons. The Bertz CT molecular complexity index is 377. The second-order valence-corrected chi connectivity index (χ2v) is 5.06. The molecule has 0 heterocycles. The van der Waals surface area contributed by atoms with Crippen LogP contribution in [0.2, 0.25) is 5.02 Å². The van der Waals surface area contributed by atoms with E-state index in [9.17, 15) is 9.50 Å². The number of halogens is 3. The van der Waals surface area contributed by atoms with Gasteiger partial charge in [0.1, 0.15) is 5.82 Å². The number of hydrogen-bond donors (Lipinski definition) is 1. The first-order chi connectivity index (χ1) is 6.50. The zero-order valence-electron chi connectivity index (χ0n) is 7.36. The van der Waals surface area contributed by atoms with E-state index in [1.165, 1.54) is 6.07 Å². The van der Waals surface area contributed by atoms with E-state index in [2.05, 4.69) is 15.9 Å². The molecule has 0 atom stereocenters. The summed E-state index contributed by atoms with van der Waals surface area (Å²) in [7, 11) is 0. The molecule has 1 aliphatic carbocycles. The van der Waals surface area contributed by atoms with Crippen LogP contribution in [-0.4, -0.2) is 10.7 Å². The molecule has 0 spiro atoms. The number of aliphatic hydroxyl groups is 1. The molecule has 1 saturated carbocycles. The van der Waals surface area contributed by atoms with E-state index in [-0.39, 0.29) is 5.02 Å². The van der Waals surface area contributed by atoms with Crippen LogP contribution in [0.1, 0.15) is 18.4 Å². The molecule has 0 aromatic heterocycles. The normalized spacial score (nSPS) is 18.3. The molecule has 0 aliphatic heterocycles. The fraction of sp³-hybridized carbons (Fsp3) is 0.400. The molecule has 1 aromatic rings. The van der Waals surface area contributed by atoms with Crippen molar-refractivity contribution < 1.29 is 9.50 Å². The summed E-state index contributed by atoms with van der Waals surface area (Å²) in [5.74, 6) is -0.444. The summed E-state index contributed by atoms with van der Waals surface area (Å²) in [4.78, 5) is 0. The standard InChI is InChI=1S/C10H9BrClFO/c11-7-3-6(5-10(14)1-2-10)9(12)8(13)4-7/h3-4,14H,1-2,5H2. The zero-order chi connectivity index (χ0) is 10.3. The van der Waals surface area contributed by atoms with Crippen LogP contribution in [0.25, 0.3) is 0 Å². The highest BCUT2D eigenvalue weighted by Gasteiger charge is 2.40. The van der Waals surface area contributed by atoms with Crippen LogP contribution in [0.15, 0.2) is 16.6 Å². The smallest absolute Gasteiger partial charge is 0.143 e. The maximum Gasteiger partial charge on any atom is 0.143 e. The fourth-order valence-electron chi connectivity index (χ4n) is 1.41. The largest absolute Gasteiger partial charge is 0.390 e. The van der Waals surface area contributed by atoms with Crippen molar-refractivity contribution in [3.05, 3.63) is 33.0 Å². The highest BCUT2D eigenvalue weighted by Crippen LogP contribution is 2.40. The van der Waals surface area contributed by atoms with Crippen LogP contribution in [0, 0.1) is 5.82 Å². The van der Waals surface area contributed by atoms with Gasteiger partial charge in [0.2, 0.25) is 0 Å². The van der Waals surface area contributed by atoms with Gasteiger partial charge >= 0.3 is 0 Å². The highest BCUT2D eigenvalue weighted by molar-refractivity contribution is 9.10. The minimum atomic E-state index is -0.642. The Morgan fingerprint density at radius 3 is 2.71 bits per heavy atom. The van der Waals surface area contributed by atoms with Crippen molar-refractivity contribution in [3.63, 3.8) is 0 Å². The Balaban J connectivity index is 2.32. The van der Waals surface area contributed by atoms with Gasteiger partial charge in [-0.3, -0.25) is 0 Å². The van der Waals surface area contributed by atoms with E-state index in [0.717, 1.165) is 12.8 Å². The third-order valence-corrected chi connectivity index (χ3v) is 3.30. The monoisotopic (exact) mass is 278 g/mol. The maximum absolute atomic E-state index is 13.2. The lowest BCUT2D eigenvalue weighted by Crippen LogP contribution is -2.11. The van der Waals surface area contributed by atoms with Gasteiger partial charge in [0, 0.05) is 10.9 Å². The molecule has 1 aliphatic rings. The minimum Gasteiger partial charge on any atom is -0.390 e. The van der Waals surface area contributed by atoms with Crippen LogP contribution >= 0.6 is 27.5 Å². The van der Waals surface area contributed by atoms with Crippen LogP contribution in [0.4, 0.5) is 4.39 Å². The van der Waals surface area contributed by atoms with Crippen molar-refractivity contribution >= 4 is 27.5 Å². The van der Waals surface area contributed by atoms with Gasteiger partial charge in [0.25, 0.3) is 0 Å². The molecule has 4 heteroatoms. The molecular weight excluding hydrogens is 270 g/mol. The van der Waals surface area contributed by atoms with Crippen LogP contribution in [-0.2, 0) is 6.42 Å². The second-order valence-electron chi connectivity index (χ2n) is 3.76. The van der Waals surface area contributed by atoms with Gasteiger partial charge in [-0.1, -0.05) is 27.5 Å². The average Bonchev–Trinajstić information content (AvgIpc) is 2.79. The molecule has 1 nitrogen and oxygen atoms in total. The lowest BCUT2D eigenvalue weighted by Gasteiger charge is -2.10. The third kappa shape index (κ3) is 2.10. The summed E-state index contributed by atoms with van der Waals surface area (Å²) >= 11 is 8.99. The van der Waals surface area contributed by atoms with Crippen LogP contribution in [0.5, 0.6) is 0 Å². The van der Waals surface area contributed by atoms with E-state index < -0.39 is 11.4 Å². The lowest BCUT2D eigenvalue weighted by molar-refractivity contribution is 0.151. The molecule has 1 N–H and O–H groups in total. The number of rotatable bonds is 2. The molecule has 14 heavy (non-hydrogen) atoms. The number of hydrogen-bond acceptors (Lipinski definition) is 1. The average molecular weight is 280 g/mol. The third-order valence-electron chi connectivity index (χ3n) is 2.42. The Kier molecular flexibility index (Phi) is 2.58. The van der Waals surface area contributed by atoms with Gasteiger partial charge in [-0.15, -0.1) is 0 Å². The molecule has 0 bridgehead atoms. The summed E-state index contributed by atoms with van der Waals surface area (Å²) in [6.45, 7) is 0. The van der Waals surface area contributed by atoms with Crippen molar-refractivity contribution in [1.29, 1.82) is 0 Å². The Labute approximate surface area is 95.0 Å². The van der Waals surface area contributed by atoms with Crippen molar-refractivity contribution in [2.24, 2.45) is 0 Å². The van der Waals surface area contributed by atoms with Crippen molar-refractivity contribution in [2.75, 3.05) is 0 Å². The Hall–Kier alpha value is -0.120. The molecule has 1 fully saturated rings. The number of benzene rings is 1. The predicted octanol–water partition coefficient (Wildman–Crippen LogP) is 3.31. The summed E-state index contributed by atoms with van der Waals surface area (Å²) < 4.78 is 13.8. The van der Waals surface area contributed by atoms with Gasteiger partial charge in [0.05, 0.1) is 10.6 Å². The van der Waals surface area contributed by atoms with E-state index in [4.69, 9.17) is 11.6 Å². The van der Waals surface area contributed by atoms with Gasteiger partial charge in [-0.2, -0.15) is 0 Å². The Morgan fingerprint density at radius 1 is 1.50 bits per heavy atom. The van der Waals surface area contributed by atoms with Crippen molar-refractivity contribution in [1.82, 2.24) is 0 Å². The van der Waals surface area contributed by atoms with Gasteiger partial charge < -0.3 is 5.11 Å². The van der Waals surface area contributed by atoms with Gasteiger partial charge in [-0.25, -0.2) is 4.39 Å². The van der Waals surface area contributed by atoms with E-state index in [1.807, 2.05) is 0 Å². The van der Waals surface area contributed by atoms with Crippen LogP contribution in [0.3, 0.4) is 0 Å². The van der Waals surface area contributed by atoms with E-state index >= 15 is 0 Å². The molecule has 0 amide bonds. The lowest BCUT2D eigenvalue weighted by atomic mass is 10.1.